The van der Waals surface area contributed by atoms with E-state index >= 15 is 0 Å². The molecule has 5 heteroatoms. The van der Waals surface area contributed by atoms with Gasteiger partial charge in [0.25, 0.3) is 11.8 Å². The van der Waals surface area contributed by atoms with Gasteiger partial charge in [-0.05, 0) is 61.9 Å². The fourth-order valence-electron chi connectivity index (χ4n) is 3.28. The molecule has 3 rings (SSSR count). The number of rotatable bonds is 4. The Kier molecular flexibility index (Phi) is 5.91. The molecule has 1 fully saturated rings. The molecule has 27 heavy (non-hydrogen) atoms. The number of anilines is 1. The number of piperazine rings is 1. The van der Waals surface area contributed by atoms with Gasteiger partial charge in [-0.2, -0.15) is 0 Å². The van der Waals surface area contributed by atoms with E-state index in [-0.39, 0.29) is 11.8 Å². The van der Waals surface area contributed by atoms with Crippen LogP contribution < -0.4 is 5.32 Å². The van der Waals surface area contributed by atoms with Gasteiger partial charge >= 0.3 is 0 Å². The molecule has 1 heterocycles. The maximum atomic E-state index is 12.7. The summed E-state index contributed by atoms with van der Waals surface area (Å²) >= 11 is 0. The van der Waals surface area contributed by atoms with Gasteiger partial charge in [-0.3, -0.25) is 9.59 Å². The third-order valence-corrected chi connectivity index (χ3v) is 5.14. The molecule has 0 saturated carbocycles. The second kappa shape index (κ2) is 8.35. The van der Waals surface area contributed by atoms with Crippen LogP contribution in [0.15, 0.2) is 42.5 Å². The van der Waals surface area contributed by atoms with E-state index in [4.69, 9.17) is 0 Å². The lowest BCUT2D eigenvalue weighted by Gasteiger charge is -2.34. The minimum atomic E-state index is -0.167. The Morgan fingerprint density at radius 2 is 1.56 bits per heavy atom. The first kappa shape index (κ1) is 19.1. The van der Waals surface area contributed by atoms with E-state index < -0.39 is 0 Å². The first-order chi connectivity index (χ1) is 13.0. The second-order valence-corrected chi connectivity index (χ2v) is 7.08. The normalized spacial score (nSPS) is 14.9. The maximum absolute atomic E-state index is 12.7. The Morgan fingerprint density at radius 3 is 2.19 bits per heavy atom. The number of hydrogen-bond acceptors (Lipinski definition) is 3. The minimum Gasteiger partial charge on any atom is -0.336 e. The van der Waals surface area contributed by atoms with Gasteiger partial charge in [0.05, 0.1) is 0 Å². The highest BCUT2D eigenvalue weighted by Crippen LogP contribution is 2.18. The standard InChI is InChI=1S/C22H27N3O2/c1-4-24-11-13-25(14-12-24)22(27)19-9-7-18(8-10-19)21(26)23-20-15-16(2)5-6-17(20)3/h5-10,15H,4,11-14H2,1-3H3,(H,23,26). The maximum Gasteiger partial charge on any atom is 0.255 e. The second-order valence-electron chi connectivity index (χ2n) is 7.08. The van der Waals surface area contributed by atoms with Gasteiger partial charge in [0.15, 0.2) is 0 Å². The summed E-state index contributed by atoms with van der Waals surface area (Å²) in [6.45, 7) is 10.5. The zero-order valence-corrected chi connectivity index (χ0v) is 16.3. The first-order valence-corrected chi connectivity index (χ1v) is 9.48. The Hall–Kier alpha value is -2.66. The number of hydrogen-bond donors (Lipinski definition) is 1. The molecule has 142 valence electrons. The number of nitrogens with one attached hydrogen (secondary N) is 1. The number of carbonyl (C=O) groups excluding carboxylic acids is 2. The molecule has 1 aliphatic rings. The predicted octanol–water partition coefficient (Wildman–Crippen LogP) is 3.33. The van der Waals surface area contributed by atoms with Crippen molar-refractivity contribution in [3.63, 3.8) is 0 Å². The van der Waals surface area contributed by atoms with Crippen molar-refractivity contribution < 1.29 is 9.59 Å². The summed E-state index contributed by atoms with van der Waals surface area (Å²) in [4.78, 5) is 29.4. The molecule has 1 N–H and O–H groups in total. The Bertz CT molecular complexity index is 822. The summed E-state index contributed by atoms with van der Waals surface area (Å²) in [5.74, 6) is -0.133. The number of carbonyl (C=O) groups is 2. The summed E-state index contributed by atoms with van der Waals surface area (Å²) < 4.78 is 0. The Balaban J connectivity index is 1.65. The summed E-state index contributed by atoms with van der Waals surface area (Å²) in [7, 11) is 0. The van der Waals surface area contributed by atoms with Crippen LogP contribution in [0.25, 0.3) is 0 Å². The van der Waals surface area contributed by atoms with E-state index in [0.717, 1.165) is 49.5 Å². The van der Waals surface area contributed by atoms with Gasteiger partial charge in [-0.1, -0.05) is 19.1 Å². The number of likely N-dealkylation sites (N-methyl/N-ethyl adjacent to an activating group) is 1. The Labute approximate surface area is 161 Å². The number of aryl methyl sites for hydroxylation is 2. The fraction of sp³-hybridized carbons (Fsp3) is 0.364. The van der Waals surface area contributed by atoms with Crippen molar-refractivity contribution in [2.24, 2.45) is 0 Å². The quantitative estimate of drug-likeness (QED) is 0.904. The van der Waals surface area contributed by atoms with Crippen LogP contribution in [-0.4, -0.2) is 54.3 Å². The number of benzene rings is 2. The van der Waals surface area contributed by atoms with Crippen molar-refractivity contribution in [2.45, 2.75) is 20.8 Å². The average Bonchev–Trinajstić information content (AvgIpc) is 2.70. The van der Waals surface area contributed by atoms with E-state index in [2.05, 4.69) is 17.1 Å². The first-order valence-electron chi connectivity index (χ1n) is 9.48. The molecule has 5 nitrogen and oxygen atoms in total. The van der Waals surface area contributed by atoms with Gasteiger partial charge in [0.1, 0.15) is 0 Å². The molecule has 0 radical (unpaired) electrons. The van der Waals surface area contributed by atoms with E-state index in [1.165, 1.54) is 0 Å². The SMILES string of the molecule is CCN1CCN(C(=O)c2ccc(C(=O)Nc3cc(C)ccc3C)cc2)CC1. The monoisotopic (exact) mass is 365 g/mol. The van der Waals surface area contributed by atoms with Crippen molar-refractivity contribution in [3.8, 4) is 0 Å². The van der Waals surface area contributed by atoms with Crippen LogP contribution in [0.4, 0.5) is 5.69 Å². The van der Waals surface area contributed by atoms with Crippen molar-refractivity contribution >= 4 is 17.5 Å². The van der Waals surface area contributed by atoms with Crippen LogP contribution in [0.3, 0.4) is 0 Å². The van der Waals surface area contributed by atoms with Crippen LogP contribution in [0.1, 0.15) is 38.8 Å². The summed E-state index contributed by atoms with van der Waals surface area (Å²) in [6, 6.07) is 12.9. The van der Waals surface area contributed by atoms with Gasteiger partial charge < -0.3 is 15.1 Å². The molecule has 1 aliphatic heterocycles. The van der Waals surface area contributed by atoms with Crippen LogP contribution >= 0.6 is 0 Å². The van der Waals surface area contributed by atoms with Gasteiger partial charge in [-0.25, -0.2) is 0 Å². The highest BCUT2D eigenvalue weighted by atomic mass is 16.2. The molecular formula is C22H27N3O2. The molecule has 0 atom stereocenters. The molecule has 2 aromatic carbocycles. The van der Waals surface area contributed by atoms with Crippen LogP contribution in [0, 0.1) is 13.8 Å². The average molecular weight is 365 g/mol. The van der Waals surface area contributed by atoms with Gasteiger partial charge in [-0.15, -0.1) is 0 Å². The fourth-order valence-corrected chi connectivity index (χ4v) is 3.28. The topological polar surface area (TPSA) is 52.7 Å². The van der Waals surface area contributed by atoms with Crippen molar-refractivity contribution in [1.29, 1.82) is 0 Å². The molecule has 0 bridgehead atoms. The zero-order chi connectivity index (χ0) is 19.4. The molecule has 0 aliphatic carbocycles. The number of nitrogens with zero attached hydrogens (tertiary/aromatic N) is 2. The third kappa shape index (κ3) is 4.55. The third-order valence-electron chi connectivity index (χ3n) is 5.14. The van der Waals surface area contributed by atoms with Crippen molar-refractivity contribution in [3.05, 3.63) is 64.7 Å². The lowest BCUT2D eigenvalue weighted by atomic mass is 10.1. The zero-order valence-electron chi connectivity index (χ0n) is 16.3. The lowest BCUT2D eigenvalue weighted by Crippen LogP contribution is -2.48. The van der Waals surface area contributed by atoms with Crippen LogP contribution in [-0.2, 0) is 0 Å². The minimum absolute atomic E-state index is 0.0345. The number of amides is 2. The largest absolute Gasteiger partial charge is 0.336 e. The van der Waals surface area contributed by atoms with Crippen LogP contribution in [0.5, 0.6) is 0 Å². The lowest BCUT2D eigenvalue weighted by molar-refractivity contribution is 0.0643. The molecule has 0 unspecified atom stereocenters. The molecular weight excluding hydrogens is 338 g/mol. The van der Waals surface area contributed by atoms with Crippen LogP contribution in [0.2, 0.25) is 0 Å². The summed E-state index contributed by atoms with van der Waals surface area (Å²) in [5.41, 5.74) is 4.10. The predicted molar refractivity (Wildman–Crippen MR) is 108 cm³/mol. The van der Waals surface area contributed by atoms with Gasteiger partial charge in [0, 0.05) is 43.0 Å². The van der Waals surface area contributed by atoms with Crippen molar-refractivity contribution in [1.82, 2.24) is 9.80 Å². The van der Waals surface area contributed by atoms with E-state index in [1.807, 2.05) is 36.9 Å². The highest BCUT2D eigenvalue weighted by molar-refractivity contribution is 6.05. The smallest absolute Gasteiger partial charge is 0.255 e. The highest BCUT2D eigenvalue weighted by Gasteiger charge is 2.21. The molecule has 1 saturated heterocycles. The van der Waals surface area contributed by atoms with Gasteiger partial charge in [0.2, 0.25) is 0 Å². The Morgan fingerprint density at radius 1 is 0.926 bits per heavy atom. The molecule has 2 aromatic rings. The van der Waals surface area contributed by atoms with E-state index in [1.54, 1.807) is 24.3 Å². The van der Waals surface area contributed by atoms with Crippen molar-refractivity contribution in [2.75, 3.05) is 38.0 Å². The van der Waals surface area contributed by atoms with E-state index in [9.17, 15) is 9.59 Å². The molecule has 2 amide bonds. The molecule has 0 spiro atoms. The van der Waals surface area contributed by atoms with E-state index in [0.29, 0.717) is 11.1 Å². The summed E-state index contributed by atoms with van der Waals surface area (Å²) in [6.07, 6.45) is 0. The summed E-state index contributed by atoms with van der Waals surface area (Å²) in [5, 5.41) is 2.95. The molecule has 0 aromatic heterocycles.